The summed E-state index contributed by atoms with van der Waals surface area (Å²) in [6.07, 6.45) is 2.95. The van der Waals surface area contributed by atoms with E-state index < -0.39 is 5.97 Å². The number of methoxy groups -OCH3 is 1. The van der Waals surface area contributed by atoms with Gasteiger partial charge in [0.25, 0.3) is 0 Å². The van der Waals surface area contributed by atoms with Crippen LogP contribution in [0.3, 0.4) is 0 Å². The van der Waals surface area contributed by atoms with E-state index in [2.05, 4.69) is 4.98 Å². The molecule has 1 aromatic carbocycles. The fourth-order valence-corrected chi connectivity index (χ4v) is 1.52. The third-order valence-electron chi connectivity index (χ3n) is 2.39. The lowest BCUT2D eigenvalue weighted by molar-refractivity contribution is 0.0696. The number of benzene rings is 1. The molecule has 0 aliphatic heterocycles. The summed E-state index contributed by atoms with van der Waals surface area (Å²) in [5.41, 5.74) is 1.80. The first kappa shape index (κ1) is 11.1. The third-order valence-corrected chi connectivity index (χ3v) is 2.39. The molecular formula is C13H11NO3. The van der Waals surface area contributed by atoms with Crippen LogP contribution in [0.15, 0.2) is 42.7 Å². The van der Waals surface area contributed by atoms with Crippen molar-refractivity contribution in [3.63, 3.8) is 0 Å². The number of ether oxygens (including phenoxy) is 1. The first-order valence-corrected chi connectivity index (χ1v) is 5.03. The lowest BCUT2D eigenvalue weighted by atomic mass is 10.1. The van der Waals surface area contributed by atoms with Gasteiger partial charge in [-0.1, -0.05) is 12.1 Å². The topological polar surface area (TPSA) is 59.4 Å². The van der Waals surface area contributed by atoms with Crippen molar-refractivity contribution < 1.29 is 14.6 Å². The zero-order valence-electron chi connectivity index (χ0n) is 9.25. The van der Waals surface area contributed by atoms with Gasteiger partial charge in [-0.05, 0) is 23.8 Å². The van der Waals surface area contributed by atoms with Gasteiger partial charge in [-0.2, -0.15) is 0 Å². The second kappa shape index (κ2) is 4.65. The standard InChI is InChI=1S/C13H11NO3/c1-17-12-4-2-3-9(6-12)10-5-11(13(15)16)8-14-7-10/h2-8H,1H3,(H,15,16). The molecule has 0 aliphatic carbocycles. The largest absolute Gasteiger partial charge is 0.497 e. The van der Waals surface area contributed by atoms with Gasteiger partial charge in [-0.15, -0.1) is 0 Å². The predicted molar refractivity (Wildman–Crippen MR) is 63.2 cm³/mol. The zero-order valence-corrected chi connectivity index (χ0v) is 9.25. The van der Waals surface area contributed by atoms with Crippen LogP contribution in [0.2, 0.25) is 0 Å². The van der Waals surface area contributed by atoms with Gasteiger partial charge in [0.1, 0.15) is 5.75 Å². The highest BCUT2D eigenvalue weighted by Gasteiger charge is 2.06. The smallest absolute Gasteiger partial charge is 0.337 e. The fraction of sp³-hybridized carbons (Fsp3) is 0.0769. The van der Waals surface area contributed by atoms with E-state index >= 15 is 0 Å². The van der Waals surface area contributed by atoms with E-state index in [1.165, 1.54) is 6.20 Å². The van der Waals surface area contributed by atoms with E-state index in [0.29, 0.717) is 0 Å². The van der Waals surface area contributed by atoms with Crippen molar-refractivity contribution in [2.24, 2.45) is 0 Å². The maximum Gasteiger partial charge on any atom is 0.337 e. The van der Waals surface area contributed by atoms with Gasteiger partial charge in [0.15, 0.2) is 0 Å². The van der Waals surface area contributed by atoms with E-state index in [4.69, 9.17) is 9.84 Å². The van der Waals surface area contributed by atoms with Gasteiger partial charge >= 0.3 is 5.97 Å². The Morgan fingerprint density at radius 1 is 1.24 bits per heavy atom. The Hall–Kier alpha value is -2.36. The van der Waals surface area contributed by atoms with Crippen molar-refractivity contribution >= 4 is 5.97 Å². The summed E-state index contributed by atoms with van der Waals surface area (Å²) in [4.78, 5) is 14.8. The summed E-state index contributed by atoms with van der Waals surface area (Å²) in [5.74, 6) is -0.259. The number of nitrogens with zero attached hydrogens (tertiary/aromatic N) is 1. The second-order valence-corrected chi connectivity index (χ2v) is 3.50. The Morgan fingerprint density at radius 3 is 2.76 bits per heavy atom. The first-order valence-electron chi connectivity index (χ1n) is 5.03. The summed E-state index contributed by atoms with van der Waals surface area (Å²) >= 11 is 0. The van der Waals surface area contributed by atoms with Crippen LogP contribution in [0, 0.1) is 0 Å². The number of rotatable bonds is 3. The van der Waals surface area contributed by atoms with E-state index in [0.717, 1.165) is 16.9 Å². The molecule has 0 spiro atoms. The Kier molecular flexibility index (Phi) is 3.05. The SMILES string of the molecule is COc1cccc(-c2cncc(C(=O)O)c2)c1. The summed E-state index contributed by atoms with van der Waals surface area (Å²) in [5, 5.41) is 8.89. The van der Waals surface area contributed by atoms with Crippen LogP contribution in [-0.2, 0) is 0 Å². The number of pyridine rings is 1. The summed E-state index contributed by atoms with van der Waals surface area (Å²) in [7, 11) is 1.59. The number of carboxylic acid groups (broad SMARTS) is 1. The minimum absolute atomic E-state index is 0.172. The summed E-state index contributed by atoms with van der Waals surface area (Å²) in [6, 6.07) is 8.98. The lowest BCUT2D eigenvalue weighted by Crippen LogP contribution is -1.97. The molecule has 1 aromatic heterocycles. The molecule has 4 nitrogen and oxygen atoms in total. The maximum atomic E-state index is 10.8. The molecule has 0 bridgehead atoms. The van der Waals surface area contributed by atoms with Crippen molar-refractivity contribution in [1.29, 1.82) is 0 Å². The third kappa shape index (κ3) is 2.42. The minimum atomic E-state index is -0.984. The minimum Gasteiger partial charge on any atom is -0.497 e. The monoisotopic (exact) mass is 229 g/mol. The average Bonchev–Trinajstić information content (AvgIpc) is 2.39. The number of carbonyl (C=O) groups is 1. The molecule has 0 fully saturated rings. The van der Waals surface area contributed by atoms with Gasteiger partial charge < -0.3 is 9.84 Å². The average molecular weight is 229 g/mol. The van der Waals surface area contributed by atoms with Crippen molar-refractivity contribution in [3.8, 4) is 16.9 Å². The lowest BCUT2D eigenvalue weighted by Gasteiger charge is -2.05. The number of aromatic nitrogens is 1. The molecule has 0 atom stereocenters. The number of hydrogen-bond acceptors (Lipinski definition) is 3. The number of aromatic carboxylic acids is 1. The maximum absolute atomic E-state index is 10.8. The molecule has 86 valence electrons. The molecule has 1 heterocycles. The van der Waals surface area contributed by atoms with Crippen LogP contribution in [0.5, 0.6) is 5.75 Å². The second-order valence-electron chi connectivity index (χ2n) is 3.50. The van der Waals surface area contributed by atoms with E-state index in [-0.39, 0.29) is 5.56 Å². The van der Waals surface area contributed by atoms with Gasteiger partial charge in [0.05, 0.1) is 12.7 Å². The van der Waals surface area contributed by atoms with Crippen LogP contribution in [0.1, 0.15) is 10.4 Å². The van der Waals surface area contributed by atoms with Crippen LogP contribution in [0.25, 0.3) is 11.1 Å². The summed E-state index contributed by atoms with van der Waals surface area (Å²) in [6.45, 7) is 0. The molecule has 0 unspecified atom stereocenters. The quantitative estimate of drug-likeness (QED) is 0.878. The highest BCUT2D eigenvalue weighted by atomic mass is 16.5. The molecule has 2 aromatic rings. The van der Waals surface area contributed by atoms with Crippen LogP contribution in [0.4, 0.5) is 0 Å². The zero-order chi connectivity index (χ0) is 12.3. The molecule has 0 radical (unpaired) electrons. The van der Waals surface area contributed by atoms with Gasteiger partial charge in [-0.3, -0.25) is 4.98 Å². The Balaban J connectivity index is 2.45. The van der Waals surface area contributed by atoms with Crippen LogP contribution >= 0.6 is 0 Å². The number of hydrogen-bond donors (Lipinski definition) is 1. The Labute approximate surface area is 98.5 Å². The van der Waals surface area contributed by atoms with Crippen molar-refractivity contribution in [3.05, 3.63) is 48.3 Å². The van der Waals surface area contributed by atoms with Gasteiger partial charge in [0, 0.05) is 18.0 Å². The van der Waals surface area contributed by atoms with Gasteiger partial charge in [0.2, 0.25) is 0 Å². The van der Waals surface area contributed by atoms with Gasteiger partial charge in [-0.25, -0.2) is 4.79 Å². The van der Waals surface area contributed by atoms with Crippen molar-refractivity contribution in [2.75, 3.05) is 7.11 Å². The molecule has 0 saturated carbocycles. The van der Waals surface area contributed by atoms with Crippen molar-refractivity contribution in [1.82, 2.24) is 4.98 Å². The molecule has 0 aliphatic rings. The Morgan fingerprint density at radius 2 is 2.06 bits per heavy atom. The normalized spacial score (nSPS) is 9.94. The van der Waals surface area contributed by atoms with Crippen molar-refractivity contribution in [2.45, 2.75) is 0 Å². The van der Waals surface area contributed by atoms with Crippen LogP contribution < -0.4 is 4.74 Å². The molecule has 0 amide bonds. The molecule has 1 N–H and O–H groups in total. The highest BCUT2D eigenvalue weighted by Crippen LogP contribution is 2.23. The molecular weight excluding hydrogens is 218 g/mol. The van der Waals surface area contributed by atoms with E-state index in [1.54, 1.807) is 19.4 Å². The molecule has 0 saturated heterocycles. The van der Waals surface area contributed by atoms with Crippen LogP contribution in [-0.4, -0.2) is 23.2 Å². The predicted octanol–water partition coefficient (Wildman–Crippen LogP) is 2.46. The Bertz CT molecular complexity index is 552. The highest BCUT2D eigenvalue weighted by molar-refractivity contribution is 5.88. The molecule has 2 rings (SSSR count). The first-order chi connectivity index (χ1) is 8.20. The fourth-order valence-electron chi connectivity index (χ4n) is 1.52. The molecule has 17 heavy (non-hydrogen) atoms. The van der Waals surface area contributed by atoms with E-state index in [1.807, 2.05) is 24.3 Å². The number of carboxylic acids is 1. The van der Waals surface area contributed by atoms with E-state index in [9.17, 15) is 4.79 Å². The summed E-state index contributed by atoms with van der Waals surface area (Å²) < 4.78 is 5.12. The molecule has 4 heteroatoms.